The van der Waals surface area contributed by atoms with Crippen LogP contribution in [0.1, 0.15) is 30.5 Å². The smallest absolute Gasteiger partial charge is 0.222 e. The van der Waals surface area contributed by atoms with Crippen LogP contribution in [-0.4, -0.2) is 22.8 Å². The third kappa shape index (κ3) is 3.10. The molecule has 0 unspecified atom stereocenters. The van der Waals surface area contributed by atoms with Crippen molar-refractivity contribution >= 4 is 17.2 Å². The van der Waals surface area contributed by atoms with E-state index in [4.69, 9.17) is 0 Å². The van der Waals surface area contributed by atoms with Crippen molar-refractivity contribution < 1.29 is 4.79 Å². The summed E-state index contributed by atoms with van der Waals surface area (Å²) in [5.74, 6) is 0.193. The van der Waals surface area contributed by atoms with Crippen LogP contribution in [0.15, 0.2) is 5.38 Å². The highest BCUT2D eigenvalue weighted by molar-refractivity contribution is 7.09. The van der Waals surface area contributed by atoms with Crippen LogP contribution < -0.4 is 0 Å². The van der Waals surface area contributed by atoms with Crippen molar-refractivity contribution in [2.75, 3.05) is 7.05 Å². The van der Waals surface area contributed by atoms with Gasteiger partial charge in [-0.1, -0.05) is 6.92 Å². The Bertz CT molecular complexity index is 309. The predicted octanol–water partition coefficient (Wildman–Crippen LogP) is 2.21. The molecular weight excluding hydrogens is 196 g/mol. The molecule has 0 spiro atoms. The first-order valence-corrected chi connectivity index (χ1v) is 5.66. The number of carbonyl (C=O) groups excluding carboxylic acids is 1. The van der Waals surface area contributed by atoms with Crippen LogP contribution in [0.4, 0.5) is 0 Å². The van der Waals surface area contributed by atoms with E-state index in [0.717, 1.165) is 17.1 Å². The summed E-state index contributed by atoms with van der Waals surface area (Å²) in [5, 5.41) is 3.06. The third-order valence-corrected chi connectivity index (χ3v) is 2.78. The highest BCUT2D eigenvalue weighted by Gasteiger charge is 2.09. The largest absolute Gasteiger partial charge is 0.340 e. The molecule has 4 heteroatoms. The van der Waals surface area contributed by atoms with Crippen LogP contribution >= 0.6 is 11.3 Å². The van der Waals surface area contributed by atoms with Gasteiger partial charge in [0.15, 0.2) is 0 Å². The Labute approximate surface area is 88.8 Å². The van der Waals surface area contributed by atoms with Gasteiger partial charge in [0.2, 0.25) is 5.91 Å². The summed E-state index contributed by atoms with van der Waals surface area (Å²) >= 11 is 1.62. The molecule has 0 fully saturated rings. The summed E-state index contributed by atoms with van der Waals surface area (Å²) in [6, 6.07) is 0. The molecule has 78 valence electrons. The number of hydrogen-bond acceptors (Lipinski definition) is 3. The minimum atomic E-state index is 0.193. The van der Waals surface area contributed by atoms with E-state index in [1.54, 1.807) is 16.2 Å². The quantitative estimate of drug-likeness (QED) is 0.766. The van der Waals surface area contributed by atoms with Crippen LogP contribution in [0, 0.1) is 6.92 Å². The summed E-state index contributed by atoms with van der Waals surface area (Å²) in [7, 11) is 1.83. The number of thiazole rings is 1. The monoisotopic (exact) mass is 212 g/mol. The number of aryl methyl sites for hydroxylation is 1. The van der Waals surface area contributed by atoms with Gasteiger partial charge in [-0.05, 0) is 13.3 Å². The average molecular weight is 212 g/mol. The molecule has 0 N–H and O–H groups in total. The normalized spacial score (nSPS) is 10.2. The molecule has 1 amide bonds. The molecule has 0 saturated carbocycles. The van der Waals surface area contributed by atoms with Gasteiger partial charge in [0.1, 0.15) is 0 Å². The molecule has 1 rings (SSSR count). The Morgan fingerprint density at radius 1 is 1.64 bits per heavy atom. The van der Waals surface area contributed by atoms with Gasteiger partial charge in [-0.3, -0.25) is 4.79 Å². The molecule has 0 saturated heterocycles. The Balaban J connectivity index is 2.48. The molecule has 0 aliphatic carbocycles. The molecule has 1 aromatic rings. The van der Waals surface area contributed by atoms with E-state index in [2.05, 4.69) is 4.98 Å². The second-order valence-electron chi connectivity index (χ2n) is 3.36. The minimum Gasteiger partial charge on any atom is -0.340 e. The second kappa shape index (κ2) is 5.10. The Hall–Kier alpha value is -0.900. The first kappa shape index (κ1) is 11.2. The highest BCUT2D eigenvalue weighted by atomic mass is 32.1. The van der Waals surface area contributed by atoms with Crippen molar-refractivity contribution in [3.8, 4) is 0 Å². The van der Waals surface area contributed by atoms with E-state index in [-0.39, 0.29) is 5.91 Å². The summed E-state index contributed by atoms with van der Waals surface area (Å²) in [4.78, 5) is 17.5. The molecule has 0 aromatic carbocycles. The van der Waals surface area contributed by atoms with Gasteiger partial charge in [0.25, 0.3) is 0 Å². The van der Waals surface area contributed by atoms with Crippen molar-refractivity contribution in [2.24, 2.45) is 0 Å². The van der Waals surface area contributed by atoms with Crippen molar-refractivity contribution in [1.29, 1.82) is 0 Å². The lowest BCUT2D eigenvalue weighted by Gasteiger charge is -2.14. The zero-order valence-electron chi connectivity index (χ0n) is 8.91. The lowest BCUT2D eigenvalue weighted by molar-refractivity contribution is -0.130. The van der Waals surface area contributed by atoms with E-state index in [0.29, 0.717) is 13.0 Å². The summed E-state index contributed by atoms with van der Waals surface area (Å²) in [6.45, 7) is 4.62. The van der Waals surface area contributed by atoms with Gasteiger partial charge in [-0.15, -0.1) is 11.3 Å². The van der Waals surface area contributed by atoms with Crippen molar-refractivity contribution in [3.63, 3.8) is 0 Å². The number of rotatable bonds is 4. The topological polar surface area (TPSA) is 33.2 Å². The molecule has 0 bridgehead atoms. The fourth-order valence-electron chi connectivity index (χ4n) is 1.22. The standard InChI is InChI=1S/C10H16N2OS/c1-4-5-10(13)12(3)6-9-7-14-8(2)11-9/h7H,4-6H2,1-3H3. The molecule has 1 heterocycles. The first-order valence-electron chi connectivity index (χ1n) is 4.78. The molecule has 1 aromatic heterocycles. The first-order chi connectivity index (χ1) is 6.63. The van der Waals surface area contributed by atoms with Gasteiger partial charge in [0, 0.05) is 18.8 Å². The van der Waals surface area contributed by atoms with Crippen LogP contribution in [-0.2, 0) is 11.3 Å². The molecular formula is C10H16N2OS. The summed E-state index contributed by atoms with van der Waals surface area (Å²) < 4.78 is 0. The van der Waals surface area contributed by atoms with Gasteiger partial charge < -0.3 is 4.90 Å². The Morgan fingerprint density at radius 2 is 2.36 bits per heavy atom. The summed E-state index contributed by atoms with van der Waals surface area (Å²) in [5.41, 5.74) is 0.986. The number of carbonyl (C=O) groups is 1. The zero-order valence-corrected chi connectivity index (χ0v) is 9.73. The van der Waals surface area contributed by atoms with Crippen molar-refractivity contribution in [2.45, 2.75) is 33.2 Å². The maximum Gasteiger partial charge on any atom is 0.222 e. The van der Waals surface area contributed by atoms with Gasteiger partial charge in [-0.2, -0.15) is 0 Å². The Morgan fingerprint density at radius 3 is 2.86 bits per heavy atom. The van der Waals surface area contributed by atoms with Gasteiger partial charge in [-0.25, -0.2) is 4.98 Å². The van der Waals surface area contributed by atoms with E-state index in [1.807, 2.05) is 26.3 Å². The zero-order chi connectivity index (χ0) is 10.6. The predicted molar refractivity (Wildman–Crippen MR) is 58.2 cm³/mol. The molecule has 0 aliphatic rings. The lowest BCUT2D eigenvalue weighted by atomic mass is 10.3. The fraction of sp³-hybridized carbons (Fsp3) is 0.600. The van der Waals surface area contributed by atoms with E-state index in [1.165, 1.54) is 0 Å². The maximum atomic E-state index is 11.5. The third-order valence-electron chi connectivity index (χ3n) is 1.96. The SMILES string of the molecule is CCCC(=O)N(C)Cc1csc(C)n1. The van der Waals surface area contributed by atoms with Crippen LogP contribution in [0.2, 0.25) is 0 Å². The Kier molecular flexibility index (Phi) is 4.07. The molecule has 0 aliphatic heterocycles. The second-order valence-corrected chi connectivity index (χ2v) is 4.42. The number of hydrogen-bond donors (Lipinski definition) is 0. The molecule has 0 radical (unpaired) electrons. The molecule has 0 atom stereocenters. The number of amides is 1. The van der Waals surface area contributed by atoms with E-state index in [9.17, 15) is 4.79 Å². The number of aromatic nitrogens is 1. The highest BCUT2D eigenvalue weighted by Crippen LogP contribution is 2.10. The maximum absolute atomic E-state index is 11.5. The molecule has 3 nitrogen and oxygen atoms in total. The average Bonchev–Trinajstić information content (AvgIpc) is 2.51. The van der Waals surface area contributed by atoms with Crippen LogP contribution in [0.3, 0.4) is 0 Å². The van der Waals surface area contributed by atoms with E-state index >= 15 is 0 Å². The fourth-order valence-corrected chi connectivity index (χ4v) is 1.82. The minimum absolute atomic E-state index is 0.193. The van der Waals surface area contributed by atoms with E-state index < -0.39 is 0 Å². The summed E-state index contributed by atoms with van der Waals surface area (Å²) in [6.07, 6.45) is 1.53. The van der Waals surface area contributed by atoms with Crippen molar-refractivity contribution in [1.82, 2.24) is 9.88 Å². The van der Waals surface area contributed by atoms with Crippen LogP contribution in [0.5, 0.6) is 0 Å². The van der Waals surface area contributed by atoms with Crippen LogP contribution in [0.25, 0.3) is 0 Å². The van der Waals surface area contributed by atoms with Gasteiger partial charge in [0.05, 0.1) is 17.2 Å². The van der Waals surface area contributed by atoms with Crippen molar-refractivity contribution in [3.05, 3.63) is 16.1 Å². The number of nitrogens with zero attached hydrogens (tertiary/aromatic N) is 2. The molecule has 14 heavy (non-hydrogen) atoms. The van der Waals surface area contributed by atoms with Gasteiger partial charge >= 0.3 is 0 Å². The lowest BCUT2D eigenvalue weighted by Crippen LogP contribution is -2.25.